The summed E-state index contributed by atoms with van der Waals surface area (Å²) in [6, 6.07) is 16.1. The molecular formula is C26H27ClN6. The average molecular weight is 459 g/mol. The van der Waals surface area contributed by atoms with E-state index in [1.54, 1.807) is 7.05 Å². The van der Waals surface area contributed by atoms with Crippen molar-refractivity contribution in [2.24, 2.45) is 22.7 Å². The average Bonchev–Trinajstić information content (AvgIpc) is 3.19. The summed E-state index contributed by atoms with van der Waals surface area (Å²) in [7, 11) is 1.76. The van der Waals surface area contributed by atoms with Gasteiger partial charge in [-0.25, -0.2) is 10.4 Å². The van der Waals surface area contributed by atoms with E-state index in [-0.39, 0.29) is 6.04 Å². The first kappa shape index (κ1) is 20.5. The van der Waals surface area contributed by atoms with Gasteiger partial charge in [-0.05, 0) is 47.6 Å². The molecule has 3 aliphatic rings. The standard InChI is InChI=1S/C26H27ClN6/c1-15-20-13-32(14-21(15)20)24-10-9-16(11-30-24)33-26-18(6-3-7-22(26)27)25(31-33)17-5-4-8-23(28)19(17)12-29-2/h3-12,15,20-21,25,31H,13-14,28H2,1-2H3. The highest BCUT2D eigenvalue weighted by Gasteiger charge is 2.52. The highest BCUT2D eigenvalue weighted by molar-refractivity contribution is 6.33. The lowest BCUT2D eigenvalue weighted by atomic mass is 9.94. The molecule has 6 rings (SSSR count). The molecule has 6 nitrogen and oxygen atoms in total. The van der Waals surface area contributed by atoms with Crippen LogP contribution in [-0.2, 0) is 0 Å². The third-order valence-corrected chi connectivity index (χ3v) is 7.80. The second-order valence-electron chi connectivity index (χ2n) is 9.28. The van der Waals surface area contributed by atoms with Crippen molar-refractivity contribution in [2.45, 2.75) is 13.0 Å². The molecule has 3 N–H and O–H groups in total. The molecule has 1 saturated carbocycles. The van der Waals surface area contributed by atoms with E-state index < -0.39 is 0 Å². The molecule has 3 aromatic rings. The number of hydrogen-bond acceptors (Lipinski definition) is 6. The Hall–Kier alpha value is -3.09. The third-order valence-electron chi connectivity index (χ3n) is 7.49. The molecule has 0 amide bonds. The SMILES string of the molecule is CN=Cc1c(N)cccc1C1NN(c2ccc(N3CC4C(C)C4C3)nc2)c2c(Cl)cccc21. The molecule has 1 aliphatic carbocycles. The summed E-state index contributed by atoms with van der Waals surface area (Å²) in [5.74, 6) is 3.61. The second kappa shape index (κ2) is 7.75. The smallest absolute Gasteiger partial charge is 0.128 e. The van der Waals surface area contributed by atoms with Gasteiger partial charge in [-0.3, -0.25) is 10.0 Å². The summed E-state index contributed by atoms with van der Waals surface area (Å²) in [4.78, 5) is 11.4. The van der Waals surface area contributed by atoms with E-state index >= 15 is 0 Å². The number of piperidine rings is 1. The molecule has 1 aromatic heterocycles. The zero-order chi connectivity index (χ0) is 22.7. The number of anilines is 4. The van der Waals surface area contributed by atoms with Gasteiger partial charge in [0.1, 0.15) is 5.82 Å². The van der Waals surface area contributed by atoms with Crippen LogP contribution in [0.1, 0.15) is 29.7 Å². The maximum absolute atomic E-state index is 6.71. The van der Waals surface area contributed by atoms with Gasteiger partial charge in [-0.1, -0.05) is 42.8 Å². The molecule has 1 saturated heterocycles. The van der Waals surface area contributed by atoms with Crippen LogP contribution < -0.4 is 21.1 Å². The van der Waals surface area contributed by atoms with Crippen LogP contribution in [0, 0.1) is 17.8 Å². The number of nitrogen functional groups attached to an aromatic ring is 1. The number of pyridine rings is 1. The van der Waals surface area contributed by atoms with Crippen molar-refractivity contribution in [1.82, 2.24) is 10.4 Å². The van der Waals surface area contributed by atoms with Crippen LogP contribution in [-0.4, -0.2) is 31.3 Å². The maximum Gasteiger partial charge on any atom is 0.128 e. The molecule has 168 valence electrons. The van der Waals surface area contributed by atoms with Crippen molar-refractivity contribution in [3.63, 3.8) is 0 Å². The summed E-state index contributed by atoms with van der Waals surface area (Å²) in [5, 5.41) is 2.73. The molecule has 2 fully saturated rings. The molecule has 3 heterocycles. The largest absolute Gasteiger partial charge is 0.398 e. The minimum absolute atomic E-state index is 0.109. The maximum atomic E-state index is 6.71. The van der Waals surface area contributed by atoms with E-state index in [2.05, 4.69) is 46.5 Å². The third kappa shape index (κ3) is 3.28. The van der Waals surface area contributed by atoms with Crippen LogP contribution in [0.5, 0.6) is 0 Å². The fourth-order valence-corrected chi connectivity index (χ4v) is 5.81. The van der Waals surface area contributed by atoms with Crippen LogP contribution in [0.4, 0.5) is 22.9 Å². The second-order valence-corrected chi connectivity index (χ2v) is 9.69. The van der Waals surface area contributed by atoms with Gasteiger partial charge < -0.3 is 10.6 Å². The van der Waals surface area contributed by atoms with Gasteiger partial charge in [-0.2, -0.15) is 0 Å². The first-order valence-electron chi connectivity index (χ1n) is 11.4. The molecule has 33 heavy (non-hydrogen) atoms. The number of aliphatic imine (C=N–C) groups is 1. The molecule has 3 unspecified atom stereocenters. The van der Waals surface area contributed by atoms with Crippen molar-refractivity contribution in [2.75, 3.05) is 35.8 Å². The number of nitrogens with one attached hydrogen (secondary N) is 1. The molecule has 0 bridgehead atoms. The topological polar surface area (TPSA) is 69.8 Å². The Morgan fingerprint density at radius 2 is 1.85 bits per heavy atom. The van der Waals surface area contributed by atoms with Crippen molar-refractivity contribution < 1.29 is 0 Å². The summed E-state index contributed by atoms with van der Waals surface area (Å²) in [5.41, 5.74) is 15.6. The van der Waals surface area contributed by atoms with Crippen LogP contribution >= 0.6 is 11.6 Å². The summed E-state index contributed by atoms with van der Waals surface area (Å²) >= 11 is 6.71. The molecule has 2 aromatic carbocycles. The zero-order valence-corrected chi connectivity index (χ0v) is 19.5. The lowest BCUT2D eigenvalue weighted by Gasteiger charge is -2.24. The Balaban J connectivity index is 1.35. The number of halogens is 1. The first-order chi connectivity index (χ1) is 16.1. The minimum Gasteiger partial charge on any atom is -0.398 e. The predicted octanol–water partition coefficient (Wildman–Crippen LogP) is 4.81. The van der Waals surface area contributed by atoms with Gasteiger partial charge in [0.2, 0.25) is 0 Å². The van der Waals surface area contributed by atoms with Crippen molar-refractivity contribution in [1.29, 1.82) is 0 Å². The van der Waals surface area contributed by atoms with Crippen molar-refractivity contribution in [3.8, 4) is 0 Å². The van der Waals surface area contributed by atoms with E-state index in [0.717, 1.165) is 64.7 Å². The van der Waals surface area contributed by atoms with E-state index in [0.29, 0.717) is 10.7 Å². The highest BCUT2D eigenvalue weighted by Crippen LogP contribution is 2.52. The monoisotopic (exact) mass is 458 g/mol. The first-order valence-corrected chi connectivity index (χ1v) is 11.8. The van der Waals surface area contributed by atoms with E-state index in [1.165, 1.54) is 0 Å². The summed E-state index contributed by atoms with van der Waals surface area (Å²) in [6.07, 6.45) is 3.75. The Labute approximate surface area is 199 Å². The molecule has 0 spiro atoms. The van der Waals surface area contributed by atoms with Gasteiger partial charge in [0, 0.05) is 43.2 Å². The van der Waals surface area contributed by atoms with Crippen LogP contribution in [0.3, 0.4) is 0 Å². The fraction of sp³-hybridized carbons (Fsp3) is 0.308. The number of nitrogens with two attached hydrogens (primary N) is 1. The molecule has 7 heteroatoms. The number of hydrogen-bond donors (Lipinski definition) is 2. The molecule has 0 radical (unpaired) electrons. The van der Waals surface area contributed by atoms with E-state index in [4.69, 9.17) is 22.3 Å². The predicted molar refractivity (Wildman–Crippen MR) is 136 cm³/mol. The lowest BCUT2D eigenvalue weighted by Crippen LogP contribution is -2.31. The molecular weight excluding hydrogens is 432 g/mol. The quantitative estimate of drug-likeness (QED) is 0.433. The van der Waals surface area contributed by atoms with E-state index in [9.17, 15) is 0 Å². The summed E-state index contributed by atoms with van der Waals surface area (Å²) in [6.45, 7) is 4.60. The Kier molecular flexibility index (Phi) is 4.82. The van der Waals surface area contributed by atoms with E-state index in [1.807, 2.05) is 41.7 Å². The Morgan fingerprint density at radius 3 is 2.58 bits per heavy atom. The van der Waals surface area contributed by atoms with Crippen LogP contribution in [0.15, 0.2) is 59.7 Å². The number of benzene rings is 2. The Morgan fingerprint density at radius 1 is 1.09 bits per heavy atom. The number of fused-ring (bicyclic) bond motifs is 2. The van der Waals surface area contributed by atoms with Crippen molar-refractivity contribution in [3.05, 3.63) is 76.4 Å². The Bertz CT molecular complexity index is 1230. The number of aromatic nitrogens is 1. The lowest BCUT2D eigenvalue weighted by molar-refractivity contribution is 0.665. The van der Waals surface area contributed by atoms with Crippen molar-refractivity contribution >= 4 is 40.7 Å². The van der Waals surface area contributed by atoms with Crippen LogP contribution in [0.25, 0.3) is 0 Å². The van der Waals surface area contributed by atoms with Crippen LogP contribution in [0.2, 0.25) is 5.02 Å². The number of nitrogens with zero attached hydrogens (tertiary/aromatic N) is 4. The van der Waals surface area contributed by atoms with Gasteiger partial charge in [0.15, 0.2) is 0 Å². The number of hydrazine groups is 1. The highest BCUT2D eigenvalue weighted by atomic mass is 35.5. The fourth-order valence-electron chi connectivity index (χ4n) is 5.54. The normalized spacial score (nSPS) is 25.5. The molecule has 2 aliphatic heterocycles. The number of para-hydroxylation sites is 1. The van der Waals surface area contributed by atoms with Gasteiger partial charge in [0.05, 0.1) is 28.6 Å². The summed E-state index contributed by atoms with van der Waals surface area (Å²) < 4.78 is 0. The van der Waals surface area contributed by atoms with Gasteiger partial charge in [0.25, 0.3) is 0 Å². The number of rotatable bonds is 4. The minimum atomic E-state index is -0.109. The molecule has 3 atom stereocenters. The zero-order valence-electron chi connectivity index (χ0n) is 18.7. The van der Waals surface area contributed by atoms with Gasteiger partial charge in [-0.15, -0.1) is 0 Å². The van der Waals surface area contributed by atoms with Gasteiger partial charge >= 0.3 is 0 Å².